The number of benzene rings is 2. The van der Waals surface area contributed by atoms with Gasteiger partial charge in [-0.25, -0.2) is 14.4 Å². The van der Waals surface area contributed by atoms with Crippen LogP contribution < -0.4 is 14.5 Å². The molecular weight excluding hydrogens is 367 g/mol. The van der Waals surface area contributed by atoms with E-state index in [4.69, 9.17) is 16.3 Å². The van der Waals surface area contributed by atoms with Gasteiger partial charge in [0.15, 0.2) is 0 Å². The van der Waals surface area contributed by atoms with Crippen molar-refractivity contribution in [1.29, 1.82) is 0 Å². The molecule has 0 radical (unpaired) electrons. The lowest BCUT2D eigenvalue weighted by molar-refractivity contribution is 0.461. The highest BCUT2D eigenvalue weighted by molar-refractivity contribution is 6.32. The Hall–Kier alpha value is -2.86. The van der Waals surface area contributed by atoms with Crippen molar-refractivity contribution in [3.05, 3.63) is 71.8 Å². The highest BCUT2D eigenvalue weighted by Crippen LogP contribution is 2.29. The van der Waals surface area contributed by atoms with Gasteiger partial charge in [-0.15, -0.1) is 0 Å². The summed E-state index contributed by atoms with van der Waals surface area (Å²) < 4.78 is 18.9. The Morgan fingerprint density at radius 2 is 1.59 bits per heavy atom. The lowest BCUT2D eigenvalue weighted by Gasteiger charge is -2.36. The van der Waals surface area contributed by atoms with E-state index in [2.05, 4.69) is 19.8 Å². The second-order valence-corrected chi connectivity index (χ2v) is 6.60. The summed E-state index contributed by atoms with van der Waals surface area (Å²) in [6.45, 7) is 3.27. The summed E-state index contributed by atoms with van der Waals surface area (Å²) >= 11 is 6.14. The van der Waals surface area contributed by atoms with Crippen molar-refractivity contribution in [2.45, 2.75) is 0 Å². The van der Waals surface area contributed by atoms with Gasteiger partial charge in [-0.2, -0.15) is 0 Å². The van der Waals surface area contributed by atoms with Crippen LogP contribution in [0.25, 0.3) is 0 Å². The fourth-order valence-electron chi connectivity index (χ4n) is 3.04. The van der Waals surface area contributed by atoms with E-state index in [0.29, 0.717) is 16.7 Å². The Kier molecular flexibility index (Phi) is 5.07. The van der Waals surface area contributed by atoms with Crippen LogP contribution in [0.3, 0.4) is 0 Å². The summed E-state index contributed by atoms with van der Waals surface area (Å²) in [6.07, 6.45) is 1.49. The SMILES string of the molecule is Fc1ccc(N2CCN(c3cc(Oc4ccccc4Cl)ncn3)CC2)cc1. The van der Waals surface area contributed by atoms with Gasteiger partial charge in [-0.1, -0.05) is 23.7 Å². The zero-order valence-corrected chi connectivity index (χ0v) is 15.3. The third-order valence-electron chi connectivity index (χ3n) is 4.47. The summed E-state index contributed by atoms with van der Waals surface area (Å²) in [4.78, 5) is 13.0. The molecule has 138 valence electrons. The largest absolute Gasteiger partial charge is 0.437 e. The molecule has 0 bridgehead atoms. The predicted molar refractivity (Wildman–Crippen MR) is 104 cm³/mol. The maximum Gasteiger partial charge on any atom is 0.224 e. The van der Waals surface area contributed by atoms with Crippen LogP contribution in [-0.4, -0.2) is 36.1 Å². The molecule has 0 unspecified atom stereocenters. The van der Waals surface area contributed by atoms with Crippen LogP contribution in [-0.2, 0) is 0 Å². The monoisotopic (exact) mass is 384 g/mol. The second-order valence-electron chi connectivity index (χ2n) is 6.20. The highest BCUT2D eigenvalue weighted by Gasteiger charge is 2.19. The van der Waals surface area contributed by atoms with Crippen LogP contribution in [0.5, 0.6) is 11.6 Å². The highest BCUT2D eigenvalue weighted by atomic mass is 35.5. The fraction of sp³-hybridized carbons (Fsp3) is 0.200. The van der Waals surface area contributed by atoms with Gasteiger partial charge in [0, 0.05) is 37.9 Å². The maximum absolute atomic E-state index is 13.1. The summed E-state index contributed by atoms with van der Waals surface area (Å²) in [5.74, 6) is 1.61. The molecule has 7 heteroatoms. The van der Waals surface area contributed by atoms with Gasteiger partial charge in [0.25, 0.3) is 0 Å². The number of nitrogens with zero attached hydrogens (tertiary/aromatic N) is 4. The van der Waals surface area contributed by atoms with Crippen LogP contribution >= 0.6 is 11.6 Å². The molecule has 0 spiro atoms. The average Bonchev–Trinajstić information content (AvgIpc) is 2.71. The van der Waals surface area contributed by atoms with Crippen LogP contribution in [0.2, 0.25) is 5.02 Å². The van der Waals surface area contributed by atoms with Crippen molar-refractivity contribution in [2.75, 3.05) is 36.0 Å². The summed E-state index contributed by atoms with van der Waals surface area (Å²) in [5, 5.41) is 0.533. The molecule has 3 aromatic rings. The molecule has 2 aromatic carbocycles. The molecular formula is C20H18ClFN4O. The summed E-state index contributed by atoms with van der Waals surface area (Å²) in [5.41, 5.74) is 1.03. The number of halogens is 2. The first kappa shape index (κ1) is 17.5. The van der Waals surface area contributed by atoms with Gasteiger partial charge >= 0.3 is 0 Å². The third kappa shape index (κ3) is 4.11. The van der Waals surface area contributed by atoms with Crippen molar-refractivity contribution in [1.82, 2.24) is 9.97 Å². The van der Waals surface area contributed by atoms with Crippen LogP contribution in [0.15, 0.2) is 60.9 Å². The first-order valence-corrected chi connectivity index (χ1v) is 9.07. The number of piperazine rings is 1. The molecule has 1 aliphatic rings. The van der Waals surface area contributed by atoms with Crippen LogP contribution in [0.1, 0.15) is 0 Å². The first-order chi connectivity index (χ1) is 13.2. The van der Waals surface area contributed by atoms with E-state index in [0.717, 1.165) is 37.7 Å². The van der Waals surface area contributed by atoms with E-state index in [-0.39, 0.29) is 5.82 Å². The van der Waals surface area contributed by atoms with E-state index in [1.807, 2.05) is 30.3 Å². The number of aromatic nitrogens is 2. The molecule has 27 heavy (non-hydrogen) atoms. The zero-order chi connectivity index (χ0) is 18.6. The lowest BCUT2D eigenvalue weighted by atomic mass is 10.2. The van der Waals surface area contributed by atoms with Gasteiger partial charge in [0.2, 0.25) is 5.88 Å². The van der Waals surface area contributed by atoms with Crippen molar-refractivity contribution in [2.24, 2.45) is 0 Å². The molecule has 0 saturated carbocycles. The van der Waals surface area contributed by atoms with Gasteiger partial charge in [0.05, 0.1) is 5.02 Å². The lowest BCUT2D eigenvalue weighted by Crippen LogP contribution is -2.46. The molecule has 2 heterocycles. The van der Waals surface area contributed by atoms with Crippen molar-refractivity contribution >= 4 is 23.1 Å². The van der Waals surface area contributed by atoms with E-state index >= 15 is 0 Å². The third-order valence-corrected chi connectivity index (χ3v) is 4.79. The van der Waals surface area contributed by atoms with Gasteiger partial charge in [-0.05, 0) is 36.4 Å². The van der Waals surface area contributed by atoms with Gasteiger partial charge in [0.1, 0.15) is 23.7 Å². The Labute approximate surface area is 162 Å². The first-order valence-electron chi connectivity index (χ1n) is 8.69. The van der Waals surface area contributed by atoms with E-state index in [1.54, 1.807) is 12.1 Å². The zero-order valence-electron chi connectivity index (χ0n) is 14.6. The Morgan fingerprint density at radius 3 is 2.33 bits per heavy atom. The molecule has 1 aliphatic heterocycles. The molecule has 5 nitrogen and oxygen atoms in total. The number of ether oxygens (including phenoxy) is 1. The minimum Gasteiger partial charge on any atom is -0.437 e. The fourth-order valence-corrected chi connectivity index (χ4v) is 3.22. The standard InChI is InChI=1S/C20H18ClFN4O/c21-17-3-1-2-4-18(17)27-20-13-19(23-14-24-20)26-11-9-25(10-12-26)16-7-5-15(22)6-8-16/h1-8,13-14H,9-12H2. The number of rotatable bonds is 4. The molecule has 0 aliphatic carbocycles. The quantitative estimate of drug-likeness (QED) is 0.667. The van der Waals surface area contributed by atoms with Crippen molar-refractivity contribution in [3.8, 4) is 11.6 Å². The van der Waals surface area contributed by atoms with Crippen LogP contribution in [0.4, 0.5) is 15.9 Å². The van der Waals surface area contributed by atoms with Gasteiger partial charge in [-0.3, -0.25) is 0 Å². The van der Waals surface area contributed by atoms with Crippen LogP contribution in [0, 0.1) is 5.82 Å². The molecule has 0 amide bonds. The maximum atomic E-state index is 13.1. The minimum atomic E-state index is -0.218. The number of anilines is 2. The number of hydrogen-bond donors (Lipinski definition) is 0. The molecule has 0 N–H and O–H groups in total. The molecule has 0 atom stereocenters. The minimum absolute atomic E-state index is 0.218. The molecule has 4 rings (SSSR count). The second kappa shape index (κ2) is 7.80. The summed E-state index contributed by atoms with van der Waals surface area (Å²) in [7, 11) is 0. The Balaban J connectivity index is 1.43. The Bertz CT molecular complexity index is 914. The van der Waals surface area contributed by atoms with Gasteiger partial charge < -0.3 is 14.5 Å². The van der Waals surface area contributed by atoms with Crippen molar-refractivity contribution in [3.63, 3.8) is 0 Å². The topological polar surface area (TPSA) is 41.5 Å². The Morgan fingerprint density at radius 1 is 0.889 bits per heavy atom. The van der Waals surface area contributed by atoms with E-state index in [1.165, 1.54) is 18.5 Å². The molecule has 1 fully saturated rings. The number of hydrogen-bond acceptors (Lipinski definition) is 5. The molecule has 1 aromatic heterocycles. The summed E-state index contributed by atoms with van der Waals surface area (Å²) in [6, 6.07) is 15.7. The average molecular weight is 385 g/mol. The molecule has 1 saturated heterocycles. The normalized spacial score (nSPS) is 14.3. The number of para-hydroxylation sites is 1. The van der Waals surface area contributed by atoms with Crippen molar-refractivity contribution < 1.29 is 9.13 Å². The predicted octanol–water partition coefficient (Wildman–Crippen LogP) is 4.39. The smallest absolute Gasteiger partial charge is 0.224 e. The van der Waals surface area contributed by atoms with E-state index in [9.17, 15) is 4.39 Å². The van der Waals surface area contributed by atoms with E-state index < -0.39 is 0 Å².